The molecule has 0 fully saturated rings. The van der Waals surface area contributed by atoms with Crippen LogP contribution in [-0.2, 0) is 20.8 Å². The molecule has 0 saturated heterocycles. The van der Waals surface area contributed by atoms with E-state index in [2.05, 4.69) is 14.2 Å². The predicted octanol–water partition coefficient (Wildman–Crippen LogP) is 2.53. The van der Waals surface area contributed by atoms with Crippen molar-refractivity contribution >= 4 is 17.9 Å². The summed E-state index contributed by atoms with van der Waals surface area (Å²) in [4.78, 5) is 35.1. The van der Waals surface area contributed by atoms with Crippen LogP contribution in [0.1, 0.15) is 42.6 Å². The second kappa shape index (κ2) is 8.19. The maximum absolute atomic E-state index is 11.8. The average Bonchev–Trinajstić information content (AvgIpc) is 3.04. The lowest BCUT2D eigenvalue weighted by molar-refractivity contribution is 0.0586. The van der Waals surface area contributed by atoms with Gasteiger partial charge in [-0.1, -0.05) is 0 Å². The lowest BCUT2D eigenvalue weighted by Crippen LogP contribution is -2.07. The van der Waals surface area contributed by atoms with Crippen molar-refractivity contribution in [2.24, 2.45) is 0 Å². The molecule has 138 valence electrons. The molecule has 1 heterocycles. The molecule has 8 nitrogen and oxygen atoms in total. The minimum absolute atomic E-state index is 0.0247. The van der Waals surface area contributed by atoms with Crippen molar-refractivity contribution in [1.29, 1.82) is 0 Å². The van der Waals surface area contributed by atoms with Gasteiger partial charge in [0.25, 0.3) is 0 Å². The van der Waals surface area contributed by atoms with Gasteiger partial charge in [0.05, 0.1) is 32.5 Å². The van der Waals surface area contributed by atoms with Gasteiger partial charge >= 0.3 is 17.9 Å². The Kier molecular flexibility index (Phi) is 6.00. The Bertz CT molecular complexity index is 799. The summed E-state index contributed by atoms with van der Waals surface area (Å²) >= 11 is 0. The number of aryl methyl sites for hydroxylation is 1. The number of furan rings is 1. The van der Waals surface area contributed by atoms with Crippen LogP contribution in [0, 0.1) is 6.92 Å². The zero-order valence-electron chi connectivity index (χ0n) is 14.8. The molecular formula is C18H18O8. The molecule has 2 rings (SSSR count). The highest BCUT2D eigenvalue weighted by atomic mass is 16.5. The van der Waals surface area contributed by atoms with E-state index >= 15 is 0 Å². The van der Waals surface area contributed by atoms with Crippen LogP contribution in [0.4, 0.5) is 0 Å². The van der Waals surface area contributed by atoms with Crippen molar-refractivity contribution in [1.82, 2.24) is 0 Å². The molecule has 0 N–H and O–H groups in total. The molecule has 0 aliphatic rings. The quantitative estimate of drug-likeness (QED) is 0.571. The molecule has 2 aromatic rings. The minimum atomic E-state index is -0.623. The van der Waals surface area contributed by atoms with E-state index in [1.807, 2.05) is 0 Å². The molecule has 0 aliphatic carbocycles. The number of carbonyl (C=O) groups is 3. The maximum atomic E-state index is 11.8. The number of rotatable bonds is 6. The van der Waals surface area contributed by atoms with Gasteiger partial charge in [-0.2, -0.15) is 0 Å². The van der Waals surface area contributed by atoms with Gasteiger partial charge in [0.1, 0.15) is 29.4 Å². The van der Waals surface area contributed by atoms with E-state index < -0.39 is 17.9 Å². The number of esters is 3. The molecule has 8 heteroatoms. The lowest BCUT2D eigenvalue weighted by Gasteiger charge is -2.09. The number of hydrogen-bond acceptors (Lipinski definition) is 8. The molecule has 0 saturated carbocycles. The Morgan fingerprint density at radius 3 is 1.88 bits per heavy atom. The van der Waals surface area contributed by atoms with E-state index in [4.69, 9.17) is 9.15 Å². The van der Waals surface area contributed by atoms with Crippen LogP contribution in [0.2, 0.25) is 0 Å². The molecule has 1 aromatic carbocycles. The lowest BCUT2D eigenvalue weighted by atomic mass is 10.1. The second-order valence-electron chi connectivity index (χ2n) is 5.19. The first-order chi connectivity index (χ1) is 12.4. The standard InChI is InChI=1S/C18H18O8/c1-10-15(18(21)24-4)8-14(26-10)9-25-13-6-11(16(19)22-2)5-12(7-13)17(20)23-3/h5-8H,9H2,1-4H3. The number of hydrogen-bond donors (Lipinski definition) is 0. The zero-order chi connectivity index (χ0) is 19.3. The van der Waals surface area contributed by atoms with Crippen LogP contribution in [0.3, 0.4) is 0 Å². The van der Waals surface area contributed by atoms with Crippen molar-refractivity contribution in [2.75, 3.05) is 21.3 Å². The molecular weight excluding hydrogens is 344 g/mol. The third-order valence-corrected chi connectivity index (χ3v) is 3.50. The van der Waals surface area contributed by atoms with Crippen LogP contribution in [0.5, 0.6) is 5.75 Å². The SMILES string of the molecule is COC(=O)c1cc(OCc2cc(C(=O)OC)c(C)o2)cc(C(=O)OC)c1. The molecule has 0 bridgehead atoms. The molecule has 0 aliphatic heterocycles. The van der Waals surface area contributed by atoms with Gasteiger partial charge < -0.3 is 23.4 Å². The number of ether oxygens (including phenoxy) is 4. The second-order valence-corrected chi connectivity index (χ2v) is 5.19. The van der Waals surface area contributed by atoms with E-state index in [0.717, 1.165) is 0 Å². The van der Waals surface area contributed by atoms with Gasteiger partial charge in [0, 0.05) is 0 Å². The Hall–Kier alpha value is -3.29. The van der Waals surface area contributed by atoms with E-state index in [1.165, 1.54) is 45.6 Å². The first kappa shape index (κ1) is 19.0. The summed E-state index contributed by atoms with van der Waals surface area (Å²) in [5.74, 6) is -0.745. The maximum Gasteiger partial charge on any atom is 0.341 e. The summed E-state index contributed by atoms with van der Waals surface area (Å²) in [5, 5.41) is 0. The summed E-state index contributed by atoms with van der Waals surface area (Å²) in [6.07, 6.45) is 0. The summed E-state index contributed by atoms with van der Waals surface area (Å²) in [5.41, 5.74) is 0.567. The fourth-order valence-corrected chi connectivity index (χ4v) is 2.24. The first-order valence-electron chi connectivity index (χ1n) is 7.51. The van der Waals surface area contributed by atoms with Crippen LogP contribution >= 0.6 is 0 Å². The Morgan fingerprint density at radius 1 is 0.846 bits per heavy atom. The fourth-order valence-electron chi connectivity index (χ4n) is 2.24. The van der Waals surface area contributed by atoms with Crippen molar-refractivity contribution in [3.05, 3.63) is 52.5 Å². The largest absolute Gasteiger partial charge is 0.486 e. The topological polar surface area (TPSA) is 101 Å². The van der Waals surface area contributed by atoms with E-state index in [0.29, 0.717) is 17.1 Å². The molecule has 0 atom stereocenters. The normalized spacial score (nSPS) is 10.2. The Balaban J connectivity index is 2.24. The van der Waals surface area contributed by atoms with E-state index in [1.54, 1.807) is 6.92 Å². The highest BCUT2D eigenvalue weighted by Gasteiger charge is 2.17. The summed E-state index contributed by atoms with van der Waals surface area (Å²) in [6.45, 7) is 1.60. The van der Waals surface area contributed by atoms with Crippen LogP contribution in [0.15, 0.2) is 28.7 Å². The van der Waals surface area contributed by atoms with Crippen LogP contribution < -0.4 is 4.74 Å². The van der Waals surface area contributed by atoms with Crippen molar-refractivity contribution < 1.29 is 37.7 Å². The number of benzene rings is 1. The van der Waals surface area contributed by atoms with Crippen molar-refractivity contribution in [3.63, 3.8) is 0 Å². The van der Waals surface area contributed by atoms with Gasteiger partial charge in [0.2, 0.25) is 0 Å². The third kappa shape index (κ3) is 4.21. The molecule has 0 unspecified atom stereocenters. The van der Waals surface area contributed by atoms with Crippen LogP contribution in [-0.4, -0.2) is 39.2 Å². The first-order valence-corrected chi connectivity index (χ1v) is 7.51. The smallest absolute Gasteiger partial charge is 0.341 e. The van der Waals surface area contributed by atoms with Crippen LogP contribution in [0.25, 0.3) is 0 Å². The minimum Gasteiger partial charge on any atom is -0.486 e. The van der Waals surface area contributed by atoms with E-state index in [-0.39, 0.29) is 23.5 Å². The van der Waals surface area contributed by atoms with E-state index in [9.17, 15) is 14.4 Å². The van der Waals surface area contributed by atoms with Gasteiger partial charge in [-0.25, -0.2) is 14.4 Å². The Labute approximate surface area is 149 Å². The van der Waals surface area contributed by atoms with Gasteiger partial charge in [0.15, 0.2) is 0 Å². The summed E-state index contributed by atoms with van der Waals surface area (Å²) in [6, 6.07) is 5.70. The van der Waals surface area contributed by atoms with Gasteiger partial charge in [-0.3, -0.25) is 0 Å². The van der Waals surface area contributed by atoms with Crippen molar-refractivity contribution in [3.8, 4) is 5.75 Å². The van der Waals surface area contributed by atoms with Gasteiger partial charge in [-0.05, 0) is 31.2 Å². The number of carbonyl (C=O) groups excluding carboxylic acids is 3. The highest BCUT2D eigenvalue weighted by molar-refractivity contribution is 5.96. The van der Waals surface area contributed by atoms with Crippen molar-refractivity contribution in [2.45, 2.75) is 13.5 Å². The van der Waals surface area contributed by atoms with Gasteiger partial charge in [-0.15, -0.1) is 0 Å². The molecule has 0 radical (unpaired) electrons. The fraction of sp³-hybridized carbons (Fsp3) is 0.278. The molecule has 26 heavy (non-hydrogen) atoms. The Morgan fingerprint density at radius 2 is 1.38 bits per heavy atom. The summed E-state index contributed by atoms with van der Waals surface area (Å²) in [7, 11) is 3.74. The third-order valence-electron chi connectivity index (χ3n) is 3.50. The number of methoxy groups -OCH3 is 3. The average molecular weight is 362 g/mol. The predicted molar refractivity (Wildman–Crippen MR) is 88.2 cm³/mol. The monoisotopic (exact) mass is 362 g/mol. The highest BCUT2D eigenvalue weighted by Crippen LogP contribution is 2.22. The zero-order valence-corrected chi connectivity index (χ0v) is 14.8. The summed E-state index contributed by atoms with van der Waals surface area (Å²) < 4.78 is 25.0. The molecule has 1 aromatic heterocycles. The molecule has 0 spiro atoms. The molecule has 0 amide bonds.